The highest BCUT2D eigenvalue weighted by Crippen LogP contribution is 2.21. The van der Waals surface area contributed by atoms with Crippen LogP contribution in [0.15, 0.2) is 59.1 Å². The first kappa shape index (κ1) is 55.0. The number of hydrogen-bond donors (Lipinski definition) is 6. The lowest BCUT2D eigenvalue weighted by atomic mass is 9.94. The Morgan fingerprint density at radius 1 is 0.635 bits per heavy atom. The molecule has 0 fully saturated rings. The number of alkyl carbamates (subject to hydrolysis) is 1. The number of aliphatic hydroxyl groups is 4. The van der Waals surface area contributed by atoms with Crippen LogP contribution in [-0.2, 0) is 17.6 Å². The molecule has 0 unspecified atom stereocenters. The van der Waals surface area contributed by atoms with Crippen molar-refractivity contribution in [3.8, 4) is 0 Å². The van der Waals surface area contributed by atoms with Crippen LogP contribution >= 0.6 is 15.9 Å². The Morgan fingerprint density at radius 2 is 1.05 bits per heavy atom. The van der Waals surface area contributed by atoms with Gasteiger partial charge in [-0.05, 0) is 113 Å². The van der Waals surface area contributed by atoms with Gasteiger partial charge in [-0.3, -0.25) is 9.59 Å². The van der Waals surface area contributed by atoms with E-state index >= 15 is 0 Å². The first-order valence-electron chi connectivity index (χ1n) is 21.6. The van der Waals surface area contributed by atoms with Gasteiger partial charge in [0.2, 0.25) is 0 Å². The molecule has 0 saturated heterocycles. The van der Waals surface area contributed by atoms with E-state index in [1.54, 1.807) is 37.8 Å². The van der Waals surface area contributed by atoms with Gasteiger partial charge in [0.25, 0.3) is 11.8 Å². The SMILES string of the molecule is CCCC[C@@H](O)[C@H](O)[C@H](Cc1cc(F)cc(F)c1)NC(=O)OC(C)(C)C.CCCC[C@@H](O)[C@H](O)[C@H](Cc1cc(F)cc(F)c1)NC(=O)c1cc(Br)cc(C(=O)N(CCC)CCC)c1. The molecule has 16 heteroatoms. The molecule has 6 atom stereocenters. The molecular formula is C47H66BrF4N3O8. The quantitative estimate of drug-likeness (QED) is 0.0545. The van der Waals surface area contributed by atoms with Crippen molar-refractivity contribution in [2.24, 2.45) is 0 Å². The maximum atomic E-state index is 13.8. The van der Waals surface area contributed by atoms with Crippen LogP contribution in [0.4, 0.5) is 22.4 Å². The number of hydrogen-bond acceptors (Lipinski definition) is 8. The Balaban J connectivity index is 0.000000462. The number of ether oxygens (including phenoxy) is 1. The summed E-state index contributed by atoms with van der Waals surface area (Å²) < 4.78 is 60.1. The van der Waals surface area contributed by atoms with E-state index < -0.39 is 77.4 Å². The van der Waals surface area contributed by atoms with Gasteiger partial charge in [0, 0.05) is 40.8 Å². The van der Waals surface area contributed by atoms with E-state index in [9.17, 15) is 52.4 Å². The molecule has 0 aliphatic carbocycles. The summed E-state index contributed by atoms with van der Waals surface area (Å²) in [4.78, 5) is 40.2. The Kier molecular flexibility index (Phi) is 23.8. The Labute approximate surface area is 377 Å². The van der Waals surface area contributed by atoms with Gasteiger partial charge >= 0.3 is 6.09 Å². The third-order valence-electron chi connectivity index (χ3n) is 9.78. The average molecular weight is 957 g/mol. The fraction of sp³-hybridized carbons (Fsp3) is 0.553. The zero-order chi connectivity index (χ0) is 47.4. The minimum atomic E-state index is -1.38. The summed E-state index contributed by atoms with van der Waals surface area (Å²) in [5.41, 5.74) is 0.255. The number of rotatable bonds is 22. The van der Waals surface area contributed by atoms with Crippen molar-refractivity contribution in [2.75, 3.05) is 13.1 Å². The van der Waals surface area contributed by atoms with E-state index in [1.165, 1.54) is 6.07 Å². The summed E-state index contributed by atoms with van der Waals surface area (Å²) in [5, 5.41) is 47.2. The van der Waals surface area contributed by atoms with Crippen LogP contribution in [0.1, 0.15) is 132 Å². The standard InChI is InChI=1S/C28H37BrF2N2O4.C19H29F2NO4/c1-4-7-8-25(34)26(35)24(13-18-11-22(30)17-23(31)12-18)32-27(36)19-14-20(16-21(29)15-19)28(37)33(9-5-2)10-6-3;1-5-6-7-16(23)17(24)15(22-18(25)26-19(2,3)4)10-12-8-13(20)11-14(21)9-12/h11-12,14-17,24-26,34-35H,4-10,13H2,1-3H3,(H,32,36);8-9,11,15-17,23-24H,5-7,10H2,1-4H3,(H,22,25)/t24-,25+,26+;15-,16+,17+/m00/s1. The molecule has 3 amide bonds. The highest BCUT2D eigenvalue weighted by molar-refractivity contribution is 9.10. The second kappa shape index (κ2) is 27.3. The van der Waals surface area contributed by atoms with Crippen molar-refractivity contribution >= 4 is 33.8 Å². The molecule has 63 heavy (non-hydrogen) atoms. The van der Waals surface area contributed by atoms with E-state index in [4.69, 9.17) is 4.74 Å². The molecule has 0 spiro atoms. The molecule has 0 aliphatic heterocycles. The van der Waals surface area contributed by atoms with Crippen LogP contribution in [0.25, 0.3) is 0 Å². The first-order chi connectivity index (χ1) is 29.6. The summed E-state index contributed by atoms with van der Waals surface area (Å²) in [6.07, 6.45) is -0.577. The molecule has 0 bridgehead atoms. The van der Waals surface area contributed by atoms with Crippen LogP contribution in [-0.4, -0.2) is 98.4 Å². The summed E-state index contributed by atoms with van der Waals surface area (Å²) in [7, 11) is 0. The molecule has 0 aliphatic rings. The zero-order valence-corrected chi connectivity index (χ0v) is 39.0. The van der Waals surface area contributed by atoms with E-state index in [0.29, 0.717) is 48.8 Å². The van der Waals surface area contributed by atoms with Crippen LogP contribution in [0.5, 0.6) is 0 Å². The molecule has 0 aromatic heterocycles. The largest absolute Gasteiger partial charge is 0.444 e. The Morgan fingerprint density at radius 3 is 1.44 bits per heavy atom. The molecule has 0 radical (unpaired) electrons. The van der Waals surface area contributed by atoms with E-state index in [1.807, 2.05) is 27.7 Å². The predicted octanol–water partition coefficient (Wildman–Crippen LogP) is 8.56. The van der Waals surface area contributed by atoms with Crippen molar-refractivity contribution in [1.82, 2.24) is 15.5 Å². The summed E-state index contributed by atoms with van der Waals surface area (Å²) >= 11 is 3.37. The van der Waals surface area contributed by atoms with Crippen molar-refractivity contribution in [3.05, 3.63) is 105 Å². The maximum Gasteiger partial charge on any atom is 0.407 e. The van der Waals surface area contributed by atoms with E-state index in [0.717, 1.165) is 62.1 Å². The lowest BCUT2D eigenvalue weighted by Crippen LogP contribution is -2.51. The molecule has 11 nitrogen and oxygen atoms in total. The number of nitrogens with one attached hydrogen (secondary N) is 2. The van der Waals surface area contributed by atoms with Gasteiger partial charge in [0.05, 0.1) is 24.3 Å². The third kappa shape index (κ3) is 20.1. The Bertz CT molecular complexity index is 1860. The van der Waals surface area contributed by atoms with Gasteiger partial charge in [-0.1, -0.05) is 69.3 Å². The zero-order valence-electron chi connectivity index (χ0n) is 37.4. The number of nitrogens with zero attached hydrogens (tertiary/aromatic N) is 1. The first-order valence-corrected chi connectivity index (χ1v) is 22.4. The average Bonchev–Trinajstić information content (AvgIpc) is 3.19. The van der Waals surface area contributed by atoms with Crippen LogP contribution in [0.2, 0.25) is 0 Å². The fourth-order valence-electron chi connectivity index (χ4n) is 6.78. The number of carbonyl (C=O) groups is 3. The van der Waals surface area contributed by atoms with Crippen LogP contribution in [0.3, 0.4) is 0 Å². The number of carbonyl (C=O) groups excluding carboxylic acids is 3. The van der Waals surface area contributed by atoms with Crippen molar-refractivity contribution < 1.29 is 57.1 Å². The number of amides is 3. The lowest BCUT2D eigenvalue weighted by Gasteiger charge is -2.29. The monoisotopic (exact) mass is 955 g/mol. The highest BCUT2D eigenvalue weighted by Gasteiger charge is 2.31. The molecule has 6 N–H and O–H groups in total. The van der Waals surface area contributed by atoms with Crippen molar-refractivity contribution in [2.45, 2.75) is 155 Å². The van der Waals surface area contributed by atoms with Crippen LogP contribution in [0, 0.1) is 23.3 Å². The number of benzene rings is 3. The molecular weight excluding hydrogens is 890 g/mol. The van der Waals surface area contributed by atoms with Gasteiger partial charge < -0.3 is 40.7 Å². The molecule has 3 rings (SSSR count). The molecule has 352 valence electrons. The minimum Gasteiger partial charge on any atom is -0.444 e. The molecule has 0 saturated carbocycles. The van der Waals surface area contributed by atoms with Gasteiger partial charge in [0.1, 0.15) is 41.1 Å². The fourth-order valence-corrected chi connectivity index (χ4v) is 7.27. The second-order valence-corrected chi connectivity index (χ2v) is 17.6. The third-order valence-corrected chi connectivity index (χ3v) is 10.2. The minimum absolute atomic E-state index is 0.0573. The summed E-state index contributed by atoms with van der Waals surface area (Å²) in [5.74, 6) is -3.84. The smallest absolute Gasteiger partial charge is 0.407 e. The maximum absolute atomic E-state index is 13.8. The summed E-state index contributed by atoms with van der Waals surface area (Å²) in [6, 6.07) is 8.67. The predicted molar refractivity (Wildman–Crippen MR) is 238 cm³/mol. The summed E-state index contributed by atoms with van der Waals surface area (Å²) in [6.45, 7) is 14.1. The number of aliphatic hydroxyl groups excluding tert-OH is 4. The molecule has 3 aromatic carbocycles. The molecule has 3 aromatic rings. The normalized spacial score (nSPS) is 14.3. The van der Waals surface area contributed by atoms with Crippen molar-refractivity contribution in [1.29, 1.82) is 0 Å². The second-order valence-electron chi connectivity index (χ2n) is 16.7. The van der Waals surface area contributed by atoms with Gasteiger partial charge in [0.15, 0.2) is 0 Å². The van der Waals surface area contributed by atoms with Gasteiger partial charge in [-0.2, -0.15) is 0 Å². The Hall–Kier alpha value is -4.09. The van der Waals surface area contributed by atoms with Gasteiger partial charge in [-0.25, -0.2) is 22.4 Å². The molecule has 0 heterocycles. The highest BCUT2D eigenvalue weighted by atomic mass is 79.9. The van der Waals surface area contributed by atoms with Crippen LogP contribution < -0.4 is 10.6 Å². The van der Waals surface area contributed by atoms with E-state index in [-0.39, 0.29) is 35.4 Å². The number of unbranched alkanes of at least 4 members (excludes halogenated alkanes) is 2. The van der Waals surface area contributed by atoms with Crippen molar-refractivity contribution in [3.63, 3.8) is 0 Å². The van der Waals surface area contributed by atoms with E-state index in [2.05, 4.69) is 26.6 Å². The topological polar surface area (TPSA) is 169 Å². The number of halogens is 5. The van der Waals surface area contributed by atoms with Gasteiger partial charge in [-0.15, -0.1) is 0 Å². The lowest BCUT2D eigenvalue weighted by molar-refractivity contribution is -0.0134.